The molecule has 2 N–H and O–H groups in total. The predicted octanol–water partition coefficient (Wildman–Crippen LogP) is 1.99. The van der Waals surface area contributed by atoms with Gasteiger partial charge in [-0.2, -0.15) is 0 Å². The number of nitrogens with zero attached hydrogens (tertiary/aromatic N) is 1. The Kier molecular flexibility index (Phi) is 4.06. The molecule has 20 heavy (non-hydrogen) atoms. The van der Waals surface area contributed by atoms with E-state index < -0.39 is 10.0 Å². The van der Waals surface area contributed by atoms with Gasteiger partial charge in [-0.25, -0.2) is 8.42 Å². The number of anilines is 1. The van der Waals surface area contributed by atoms with Gasteiger partial charge in [0, 0.05) is 11.9 Å². The number of hydrogen-bond acceptors (Lipinski definition) is 4. The monoisotopic (exact) mass is 292 g/mol. The van der Waals surface area contributed by atoms with E-state index in [9.17, 15) is 8.42 Å². The molecule has 2 aromatic rings. The van der Waals surface area contributed by atoms with Crippen LogP contribution in [0.4, 0.5) is 5.69 Å². The van der Waals surface area contributed by atoms with Crippen LogP contribution in [0.3, 0.4) is 0 Å². The molecule has 0 aliphatic rings. The molecule has 0 unspecified atom stereocenters. The molecule has 0 spiro atoms. The standard InChI is InChI=1S/C14H16N2O3S/c1-10-3-4-12(9-17)8-14(10)20(18,19)16-13-5-6-15-11(2)7-13/h3-8,17H,9H2,1-2H3,(H,15,16). The van der Waals surface area contributed by atoms with Crippen LogP contribution in [0.15, 0.2) is 41.4 Å². The van der Waals surface area contributed by atoms with E-state index in [4.69, 9.17) is 5.11 Å². The smallest absolute Gasteiger partial charge is 0.262 e. The van der Waals surface area contributed by atoms with Crippen LogP contribution in [-0.2, 0) is 16.6 Å². The molecule has 0 atom stereocenters. The molecule has 0 saturated heterocycles. The highest BCUT2D eigenvalue weighted by molar-refractivity contribution is 7.92. The fraction of sp³-hybridized carbons (Fsp3) is 0.214. The zero-order valence-corrected chi connectivity index (χ0v) is 12.1. The first kappa shape index (κ1) is 14.5. The van der Waals surface area contributed by atoms with Crippen LogP contribution in [0.5, 0.6) is 0 Å². The molecule has 1 aromatic carbocycles. The fourth-order valence-electron chi connectivity index (χ4n) is 1.85. The lowest BCUT2D eigenvalue weighted by Gasteiger charge is -2.11. The molecule has 0 radical (unpaired) electrons. The number of benzene rings is 1. The number of aromatic nitrogens is 1. The van der Waals surface area contributed by atoms with E-state index in [0.29, 0.717) is 16.8 Å². The van der Waals surface area contributed by atoms with Crippen LogP contribution < -0.4 is 4.72 Å². The van der Waals surface area contributed by atoms with Crippen molar-refractivity contribution < 1.29 is 13.5 Å². The third-order valence-corrected chi connectivity index (χ3v) is 4.40. The maximum atomic E-state index is 12.4. The summed E-state index contributed by atoms with van der Waals surface area (Å²) in [6.45, 7) is 3.31. The van der Waals surface area contributed by atoms with Gasteiger partial charge in [-0.1, -0.05) is 12.1 Å². The third-order valence-electron chi connectivity index (χ3n) is 2.87. The van der Waals surface area contributed by atoms with Gasteiger partial charge in [-0.15, -0.1) is 0 Å². The lowest BCUT2D eigenvalue weighted by atomic mass is 10.2. The van der Waals surface area contributed by atoms with Gasteiger partial charge in [0.05, 0.1) is 17.2 Å². The number of hydrogen-bond donors (Lipinski definition) is 2. The number of nitrogens with one attached hydrogen (secondary N) is 1. The number of rotatable bonds is 4. The number of aliphatic hydroxyl groups excluding tert-OH is 1. The van der Waals surface area contributed by atoms with Gasteiger partial charge in [0.2, 0.25) is 0 Å². The van der Waals surface area contributed by atoms with Crippen LogP contribution in [0.2, 0.25) is 0 Å². The Hall–Kier alpha value is -1.92. The van der Waals surface area contributed by atoms with Crippen LogP contribution >= 0.6 is 0 Å². The van der Waals surface area contributed by atoms with Crippen molar-refractivity contribution in [2.45, 2.75) is 25.3 Å². The maximum Gasteiger partial charge on any atom is 0.262 e. The summed E-state index contributed by atoms with van der Waals surface area (Å²) in [7, 11) is -3.68. The van der Waals surface area contributed by atoms with Gasteiger partial charge in [0.15, 0.2) is 0 Å². The Bertz CT molecular complexity index is 727. The van der Waals surface area contributed by atoms with Crippen LogP contribution in [0.1, 0.15) is 16.8 Å². The molecule has 2 rings (SSSR count). The van der Waals surface area contributed by atoms with E-state index in [2.05, 4.69) is 9.71 Å². The van der Waals surface area contributed by atoms with E-state index >= 15 is 0 Å². The van der Waals surface area contributed by atoms with E-state index in [1.54, 1.807) is 44.3 Å². The van der Waals surface area contributed by atoms with Crippen LogP contribution in [-0.4, -0.2) is 18.5 Å². The predicted molar refractivity (Wildman–Crippen MR) is 76.9 cm³/mol. The first-order chi connectivity index (χ1) is 9.42. The minimum atomic E-state index is -3.68. The molecule has 5 nitrogen and oxygen atoms in total. The molecule has 0 fully saturated rings. The molecule has 1 heterocycles. The van der Waals surface area contributed by atoms with E-state index in [1.165, 1.54) is 6.07 Å². The van der Waals surface area contributed by atoms with Crippen molar-refractivity contribution in [2.75, 3.05) is 4.72 Å². The molecule has 0 bridgehead atoms. The number of aryl methyl sites for hydroxylation is 2. The molecule has 1 aromatic heterocycles. The molecule has 106 valence electrons. The summed E-state index contributed by atoms with van der Waals surface area (Å²) in [6.07, 6.45) is 1.55. The lowest BCUT2D eigenvalue weighted by molar-refractivity contribution is 0.281. The largest absolute Gasteiger partial charge is 0.392 e. The van der Waals surface area contributed by atoms with Crippen molar-refractivity contribution in [1.29, 1.82) is 0 Å². The number of pyridine rings is 1. The second kappa shape index (κ2) is 5.60. The van der Waals surface area contributed by atoms with E-state index in [1.807, 2.05) is 0 Å². The summed E-state index contributed by atoms with van der Waals surface area (Å²) in [5, 5.41) is 9.12. The molecular weight excluding hydrogens is 276 g/mol. The highest BCUT2D eigenvalue weighted by Crippen LogP contribution is 2.21. The van der Waals surface area contributed by atoms with E-state index in [0.717, 1.165) is 5.69 Å². The molecule has 0 amide bonds. The molecule has 0 aliphatic carbocycles. The second-order valence-electron chi connectivity index (χ2n) is 4.55. The van der Waals surface area contributed by atoms with E-state index in [-0.39, 0.29) is 11.5 Å². The maximum absolute atomic E-state index is 12.4. The molecule has 0 aliphatic heterocycles. The molecular formula is C14H16N2O3S. The first-order valence-electron chi connectivity index (χ1n) is 6.08. The first-order valence-corrected chi connectivity index (χ1v) is 7.56. The Labute approximate surface area is 118 Å². The SMILES string of the molecule is Cc1cc(NS(=O)(=O)c2cc(CO)ccc2C)ccn1. The van der Waals surface area contributed by atoms with Crippen molar-refractivity contribution in [2.24, 2.45) is 0 Å². The van der Waals surface area contributed by atoms with Gasteiger partial charge >= 0.3 is 0 Å². The third kappa shape index (κ3) is 3.15. The Morgan fingerprint density at radius 3 is 2.60 bits per heavy atom. The van der Waals surface area contributed by atoms with Gasteiger partial charge in [-0.3, -0.25) is 9.71 Å². The lowest BCUT2D eigenvalue weighted by Crippen LogP contribution is -2.14. The minimum absolute atomic E-state index is 0.165. The average Bonchev–Trinajstić information content (AvgIpc) is 2.38. The minimum Gasteiger partial charge on any atom is -0.392 e. The Morgan fingerprint density at radius 2 is 1.95 bits per heavy atom. The van der Waals surface area contributed by atoms with Crippen LogP contribution in [0, 0.1) is 13.8 Å². The topological polar surface area (TPSA) is 79.3 Å². The fourth-order valence-corrected chi connectivity index (χ4v) is 3.20. The second-order valence-corrected chi connectivity index (χ2v) is 6.20. The molecule has 0 saturated carbocycles. The van der Waals surface area contributed by atoms with Crippen molar-refractivity contribution >= 4 is 15.7 Å². The molecule has 6 heteroatoms. The summed E-state index contributed by atoms with van der Waals surface area (Å²) >= 11 is 0. The van der Waals surface area contributed by atoms with Gasteiger partial charge < -0.3 is 5.11 Å². The summed E-state index contributed by atoms with van der Waals surface area (Å²) in [5.74, 6) is 0. The van der Waals surface area contributed by atoms with Gasteiger partial charge in [-0.05, 0) is 43.2 Å². The normalized spacial score (nSPS) is 11.3. The van der Waals surface area contributed by atoms with Crippen molar-refractivity contribution in [3.8, 4) is 0 Å². The summed E-state index contributed by atoms with van der Waals surface area (Å²) in [6, 6.07) is 8.10. The summed E-state index contributed by atoms with van der Waals surface area (Å²) in [5.41, 5.74) is 2.37. The van der Waals surface area contributed by atoms with Gasteiger partial charge in [0.1, 0.15) is 0 Å². The zero-order valence-electron chi connectivity index (χ0n) is 11.3. The average molecular weight is 292 g/mol. The van der Waals surface area contributed by atoms with Crippen molar-refractivity contribution in [3.63, 3.8) is 0 Å². The summed E-state index contributed by atoms with van der Waals surface area (Å²) < 4.78 is 27.3. The number of aliphatic hydroxyl groups is 1. The Morgan fingerprint density at radius 1 is 1.20 bits per heavy atom. The van der Waals surface area contributed by atoms with Crippen LogP contribution in [0.25, 0.3) is 0 Å². The highest BCUT2D eigenvalue weighted by Gasteiger charge is 2.17. The quantitative estimate of drug-likeness (QED) is 0.903. The van der Waals surface area contributed by atoms with Crippen molar-refractivity contribution in [1.82, 2.24) is 4.98 Å². The van der Waals surface area contributed by atoms with Crippen molar-refractivity contribution in [3.05, 3.63) is 53.3 Å². The van der Waals surface area contributed by atoms with Gasteiger partial charge in [0.25, 0.3) is 10.0 Å². The Balaban J connectivity index is 2.40. The highest BCUT2D eigenvalue weighted by atomic mass is 32.2. The number of sulfonamides is 1. The zero-order chi connectivity index (χ0) is 14.8. The summed E-state index contributed by atoms with van der Waals surface area (Å²) in [4.78, 5) is 4.18.